The third-order valence-electron chi connectivity index (χ3n) is 3.00. The van der Waals surface area contributed by atoms with Crippen LogP contribution >= 0.6 is 0 Å². The molecule has 0 aromatic heterocycles. The number of amides is 1. The highest BCUT2D eigenvalue weighted by atomic mass is 16.6. The van der Waals surface area contributed by atoms with Crippen molar-refractivity contribution in [1.29, 1.82) is 0 Å². The number of carbonyl (C=O) groups is 1. The summed E-state index contributed by atoms with van der Waals surface area (Å²) >= 11 is 0. The summed E-state index contributed by atoms with van der Waals surface area (Å²) in [7, 11) is 1.73. The summed E-state index contributed by atoms with van der Waals surface area (Å²) in [5, 5.41) is 0. The number of ether oxygens (including phenoxy) is 3. The van der Waals surface area contributed by atoms with Gasteiger partial charge in [0.15, 0.2) is 0 Å². The van der Waals surface area contributed by atoms with Crippen molar-refractivity contribution in [3.63, 3.8) is 0 Å². The maximum atomic E-state index is 11.7. The number of hydrogen-bond acceptors (Lipinski definition) is 4. The summed E-state index contributed by atoms with van der Waals surface area (Å²) in [6, 6.07) is 0. The molecule has 22 heavy (non-hydrogen) atoms. The van der Waals surface area contributed by atoms with Crippen molar-refractivity contribution in [2.45, 2.75) is 65.4 Å². The van der Waals surface area contributed by atoms with Crippen molar-refractivity contribution in [3.8, 4) is 0 Å². The number of unbranched alkanes of at least 4 members (excludes halogenated alkanes) is 3. The molecule has 0 heterocycles. The minimum absolute atomic E-state index is 0.305. The molecule has 5 heteroatoms. The Kier molecular flexibility index (Phi) is 12.2. The van der Waals surface area contributed by atoms with Gasteiger partial charge in [-0.3, -0.25) is 0 Å². The van der Waals surface area contributed by atoms with Gasteiger partial charge in [0.25, 0.3) is 0 Å². The van der Waals surface area contributed by atoms with Crippen LogP contribution in [0, 0.1) is 0 Å². The Hall–Kier alpha value is -0.810. The summed E-state index contributed by atoms with van der Waals surface area (Å²) < 4.78 is 16.3. The summed E-state index contributed by atoms with van der Waals surface area (Å²) in [5.41, 5.74) is -0.453. The normalized spacial score (nSPS) is 11.5. The van der Waals surface area contributed by atoms with Gasteiger partial charge in [0.1, 0.15) is 5.60 Å². The summed E-state index contributed by atoms with van der Waals surface area (Å²) in [4.78, 5) is 13.3. The minimum atomic E-state index is -0.453. The van der Waals surface area contributed by atoms with Crippen LogP contribution in [0.4, 0.5) is 4.79 Å². The third-order valence-corrected chi connectivity index (χ3v) is 3.00. The number of rotatable bonds is 12. The lowest BCUT2D eigenvalue weighted by Crippen LogP contribution is -2.36. The van der Waals surface area contributed by atoms with E-state index in [0.29, 0.717) is 13.2 Å². The average molecular weight is 317 g/mol. The zero-order chi connectivity index (χ0) is 16.8. The van der Waals surface area contributed by atoms with Gasteiger partial charge in [0, 0.05) is 33.4 Å². The molecule has 0 aromatic rings. The minimum Gasteiger partial charge on any atom is -0.444 e. The molecule has 0 aliphatic rings. The molecule has 0 unspecified atom stereocenters. The van der Waals surface area contributed by atoms with E-state index in [9.17, 15) is 4.79 Å². The van der Waals surface area contributed by atoms with Crippen molar-refractivity contribution >= 4 is 6.09 Å². The van der Waals surface area contributed by atoms with Gasteiger partial charge in [-0.05, 0) is 46.5 Å². The summed E-state index contributed by atoms with van der Waals surface area (Å²) in [5.74, 6) is 0. The van der Waals surface area contributed by atoms with Gasteiger partial charge < -0.3 is 19.1 Å². The van der Waals surface area contributed by atoms with Crippen LogP contribution in [0.3, 0.4) is 0 Å². The zero-order valence-electron chi connectivity index (χ0n) is 15.2. The fourth-order valence-electron chi connectivity index (χ4n) is 1.67. The lowest BCUT2D eigenvalue weighted by Gasteiger charge is -2.24. The van der Waals surface area contributed by atoms with E-state index in [1.165, 1.54) is 6.42 Å². The van der Waals surface area contributed by atoms with Gasteiger partial charge in [-0.2, -0.15) is 0 Å². The van der Waals surface area contributed by atoms with Crippen LogP contribution in [0.2, 0.25) is 0 Å². The van der Waals surface area contributed by atoms with Crippen LogP contribution in [0.5, 0.6) is 0 Å². The van der Waals surface area contributed by atoms with Crippen LogP contribution in [0.25, 0.3) is 0 Å². The monoisotopic (exact) mass is 317 g/mol. The highest BCUT2D eigenvalue weighted by Gasteiger charge is 2.19. The van der Waals surface area contributed by atoms with Crippen molar-refractivity contribution in [2.75, 3.05) is 40.0 Å². The lowest BCUT2D eigenvalue weighted by molar-refractivity contribution is 0.0229. The first-order valence-corrected chi connectivity index (χ1v) is 8.46. The van der Waals surface area contributed by atoms with Gasteiger partial charge >= 0.3 is 6.09 Å². The van der Waals surface area contributed by atoms with E-state index in [0.717, 1.165) is 45.5 Å². The topological polar surface area (TPSA) is 48.0 Å². The number of likely N-dealkylation sites (N-methyl/N-ethyl adjacent to an activating group) is 1. The van der Waals surface area contributed by atoms with Crippen LogP contribution < -0.4 is 0 Å². The van der Waals surface area contributed by atoms with Crippen LogP contribution in [0.15, 0.2) is 0 Å². The molecule has 0 aliphatic carbocycles. The van der Waals surface area contributed by atoms with E-state index in [1.807, 2.05) is 20.8 Å². The molecule has 0 atom stereocenters. The molecule has 5 nitrogen and oxygen atoms in total. The van der Waals surface area contributed by atoms with Crippen molar-refractivity contribution in [2.24, 2.45) is 0 Å². The van der Waals surface area contributed by atoms with Crippen LogP contribution in [-0.2, 0) is 14.2 Å². The van der Waals surface area contributed by atoms with Gasteiger partial charge in [-0.1, -0.05) is 13.3 Å². The van der Waals surface area contributed by atoms with E-state index in [2.05, 4.69) is 6.92 Å². The Bertz CT molecular complexity index is 276. The molecule has 0 rings (SSSR count). The van der Waals surface area contributed by atoms with Crippen molar-refractivity contribution in [1.82, 2.24) is 4.90 Å². The quantitative estimate of drug-likeness (QED) is 0.513. The molecule has 0 fully saturated rings. The summed E-state index contributed by atoms with van der Waals surface area (Å²) in [6.07, 6.45) is 5.27. The fourth-order valence-corrected chi connectivity index (χ4v) is 1.67. The Morgan fingerprint density at radius 2 is 1.45 bits per heavy atom. The van der Waals surface area contributed by atoms with E-state index in [1.54, 1.807) is 11.9 Å². The van der Waals surface area contributed by atoms with Crippen LogP contribution in [0.1, 0.15) is 59.8 Å². The number of hydrogen-bond donors (Lipinski definition) is 0. The molecule has 0 aliphatic heterocycles. The Morgan fingerprint density at radius 3 is 2.00 bits per heavy atom. The smallest absolute Gasteiger partial charge is 0.410 e. The molecule has 0 saturated carbocycles. The standard InChI is InChI=1S/C17H35NO4/c1-6-7-12-20-13-9-8-10-14-21-15-11-18(5)16(19)22-17(2,3)4/h6-15H2,1-5H3. The molecule has 132 valence electrons. The molecular weight excluding hydrogens is 282 g/mol. The first-order valence-electron chi connectivity index (χ1n) is 8.46. The first kappa shape index (κ1) is 21.2. The molecule has 0 spiro atoms. The Labute approximate surface area is 136 Å². The average Bonchev–Trinajstić information content (AvgIpc) is 2.42. The van der Waals surface area contributed by atoms with Gasteiger partial charge in [0.2, 0.25) is 0 Å². The van der Waals surface area contributed by atoms with E-state index in [-0.39, 0.29) is 6.09 Å². The molecule has 1 amide bonds. The van der Waals surface area contributed by atoms with Gasteiger partial charge in [-0.15, -0.1) is 0 Å². The van der Waals surface area contributed by atoms with E-state index >= 15 is 0 Å². The molecule has 0 saturated heterocycles. The SMILES string of the molecule is CCCCOCCCCCOCCN(C)C(=O)OC(C)(C)C. The largest absolute Gasteiger partial charge is 0.444 e. The molecule has 0 N–H and O–H groups in total. The van der Waals surface area contributed by atoms with Gasteiger partial charge in [-0.25, -0.2) is 4.79 Å². The second-order valence-electron chi connectivity index (χ2n) is 6.54. The molecule has 0 bridgehead atoms. The summed E-state index contributed by atoms with van der Waals surface area (Å²) in [6.45, 7) is 11.3. The lowest BCUT2D eigenvalue weighted by atomic mass is 10.2. The fraction of sp³-hybridized carbons (Fsp3) is 0.941. The Balaban J connectivity index is 3.37. The highest BCUT2D eigenvalue weighted by molar-refractivity contribution is 5.67. The van der Waals surface area contributed by atoms with Crippen molar-refractivity contribution in [3.05, 3.63) is 0 Å². The predicted molar refractivity (Wildman–Crippen MR) is 89.3 cm³/mol. The second kappa shape index (κ2) is 12.7. The Morgan fingerprint density at radius 1 is 0.909 bits per heavy atom. The maximum Gasteiger partial charge on any atom is 0.410 e. The number of carbonyl (C=O) groups excluding carboxylic acids is 1. The number of nitrogens with zero attached hydrogens (tertiary/aromatic N) is 1. The van der Waals surface area contributed by atoms with E-state index in [4.69, 9.17) is 14.2 Å². The predicted octanol–water partition coefficient (Wildman–Crippen LogP) is 3.86. The molecular formula is C17H35NO4. The third kappa shape index (κ3) is 14.1. The molecule has 0 aromatic carbocycles. The van der Waals surface area contributed by atoms with Gasteiger partial charge in [0.05, 0.1) is 6.61 Å². The van der Waals surface area contributed by atoms with Crippen LogP contribution in [-0.4, -0.2) is 56.6 Å². The maximum absolute atomic E-state index is 11.7. The van der Waals surface area contributed by atoms with Crippen molar-refractivity contribution < 1.29 is 19.0 Å². The first-order chi connectivity index (χ1) is 10.4. The second-order valence-corrected chi connectivity index (χ2v) is 6.54. The molecule has 0 radical (unpaired) electrons. The highest BCUT2D eigenvalue weighted by Crippen LogP contribution is 2.08. The van der Waals surface area contributed by atoms with E-state index < -0.39 is 5.60 Å². The zero-order valence-corrected chi connectivity index (χ0v) is 15.2.